The number of benzene rings is 2. The topological polar surface area (TPSA) is 87.7 Å². The summed E-state index contributed by atoms with van der Waals surface area (Å²) in [6.45, 7) is 0.378. The van der Waals surface area contributed by atoms with E-state index in [4.69, 9.17) is 4.74 Å². The monoisotopic (exact) mass is 363 g/mol. The maximum Gasteiger partial charge on any atom is 0.324 e. The van der Waals surface area contributed by atoms with Crippen molar-refractivity contribution in [1.29, 1.82) is 0 Å². The lowest BCUT2D eigenvalue weighted by Gasteiger charge is -2.18. The van der Waals surface area contributed by atoms with E-state index in [1.807, 2.05) is 30.3 Å². The number of urea groups is 1. The van der Waals surface area contributed by atoms with Crippen LogP contribution in [0.2, 0.25) is 0 Å². The van der Waals surface area contributed by atoms with Crippen molar-refractivity contribution < 1.29 is 19.1 Å². The highest BCUT2D eigenvalue weighted by molar-refractivity contribution is 6.07. The van der Waals surface area contributed by atoms with Crippen molar-refractivity contribution in [2.24, 2.45) is 0 Å². The Bertz CT molecular complexity index is 951. The summed E-state index contributed by atoms with van der Waals surface area (Å²) in [5, 5.41) is 5.32. The molecule has 1 saturated heterocycles. The summed E-state index contributed by atoms with van der Waals surface area (Å²) in [5.74, 6) is 0.235. The van der Waals surface area contributed by atoms with Gasteiger partial charge in [-0.25, -0.2) is 4.79 Å². The fourth-order valence-electron chi connectivity index (χ4n) is 3.00. The Morgan fingerprint density at radius 1 is 1.15 bits per heavy atom. The normalized spacial score (nSPS) is 15.6. The van der Waals surface area contributed by atoms with E-state index in [-0.39, 0.29) is 31.5 Å². The van der Waals surface area contributed by atoms with E-state index in [0.717, 1.165) is 21.8 Å². The SMILES string of the molecule is O=C(Nc1cccc(CN2C(=O)CNC2=O)c1)C1=Cc2ccccc2OC1. The van der Waals surface area contributed by atoms with Gasteiger partial charge in [-0.1, -0.05) is 30.3 Å². The highest BCUT2D eigenvalue weighted by Crippen LogP contribution is 2.26. The summed E-state index contributed by atoms with van der Waals surface area (Å²) in [6.07, 6.45) is 1.81. The zero-order valence-electron chi connectivity index (χ0n) is 14.4. The maximum atomic E-state index is 12.5. The Morgan fingerprint density at radius 2 is 2.00 bits per heavy atom. The van der Waals surface area contributed by atoms with Crippen molar-refractivity contribution in [3.05, 3.63) is 65.2 Å². The van der Waals surface area contributed by atoms with Crippen LogP contribution in [0, 0.1) is 0 Å². The van der Waals surface area contributed by atoms with Crippen molar-refractivity contribution in [2.45, 2.75) is 6.54 Å². The molecular formula is C20H17N3O4. The van der Waals surface area contributed by atoms with E-state index in [2.05, 4.69) is 10.6 Å². The predicted molar refractivity (Wildman–Crippen MR) is 98.9 cm³/mol. The molecule has 2 aliphatic rings. The lowest BCUT2D eigenvalue weighted by molar-refractivity contribution is -0.125. The summed E-state index contributed by atoms with van der Waals surface area (Å²) in [4.78, 5) is 37.1. The second-order valence-corrected chi connectivity index (χ2v) is 6.29. The molecule has 136 valence electrons. The zero-order valence-corrected chi connectivity index (χ0v) is 14.4. The molecule has 1 fully saturated rings. The van der Waals surface area contributed by atoms with Gasteiger partial charge in [-0.15, -0.1) is 0 Å². The second-order valence-electron chi connectivity index (χ2n) is 6.29. The number of ether oxygens (including phenoxy) is 1. The van der Waals surface area contributed by atoms with Gasteiger partial charge in [0.15, 0.2) is 0 Å². The minimum absolute atomic E-state index is 0.0187. The standard InChI is InChI=1S/C20H17N3O4/c24-18-10-21-20(26)23(18)11-13-4-3-6-16(8-13)22-19(25)15-9-14-5-1-2-7-17(14)27-12-15/h1-9H,10-12H2,(H,21,26)(H,22,25). The molecule has 4 amide bonds. The number of carbonyl (C=O) groups excluding carboxylic acids is 3. The molecule has 0 spiro atoms. The van der Waals surface area contributed by atoms with E-state index in [1.54, 1.807) is 24.3 Å². The van der Waals surface area contributed by atoms with Crippen LogP contribution < -0.4 is 15.4 Å². The van der Waals surface area contributed by atoms with Gasteiger partial charge in [0.05, 0.1) is 18.7 Å². The van der Waals surface area contributed by atoms with E-state index in [1.165, 1.54) is 0 Å². The fourth-order valence-corrected chi connectivity index (χ4v) is 3.00. The van der Waals surface area contributed by atoms with Gasteiger partial charge in [0.25, 0.3) is 5.91 Å². The summed E-state index contributed by atoms with van der Waals surface area (Å²) < 4.78 is 5.61. The van der Waals surface area contributed by atoms with Gasteiger partial charge < -0.3 is 15.4 Å². The second kappa shape index (κ2) is 6.95. The highest BCUT2D eigenvalue weighted by atomic mass is 16.5. The molecular weight excluding hydrogens is 346 g/mol. The lowest BCUT2D eigenvalue weighted by atomic mass is 10.1. The summed E-state index contributed by atoms with van der Waals surface area (Å²) in [5.41, 5.74) is 2.72. The molecule has 0 atom stereocenters. The number of nitrogens with zero attached hydrogens (tertiary/aromatic N) is 1. The molecule has 0 aromatic heterocycles. The van der Waals surface area contributed by atoms with Gasteiger partial charge in [0.1, 0.15) is 12.4 Å². The van der Waals surface area contributed by atoms with Crippen molar-refractivity contribution in [1.82, 2.24) is 10.2 Å². The third-order valence-corrected chi connectivity index (χ3v) is 4.39. The average molecular weight is 363 g/mol. The molecule has 0 saturated carbocycles. The van der Waals surface area contributed by atoms with Gasteiger partial charge in [0, 0.05) is 11.3 Å². The first kappa shape index (κ1) is 16.8. The van der Waals surface area contributed by atoms with Crippen LogP contribution in [-0.4, -0.2) is 35.9 Å². The van der Waals surface area contributed by atoms with Crippen LogP contribution in [0.25, 0.3) is 6.08 Å². The lowest BCUT2D eigenvalue weighted by Crippen LogP contribution is -2.30. The van der Waals surface area contributed by atoms with Gasteiger partial charge in [-0.2, -0.15) is 0 Å². The maximum absolute atomic E-state index is 12.5. The van der Waals surface area contributed by atoms with Crippen molar-refractivity contribution in [3.8, 4) is 5.75 Å². The molecule has 2 heterocycles. The van der Waals surface area contributed by atoms with Crippen LogP contribution in [0.15, 0.2) is 54.1 Å². The quantitative estimate of drug-likeness (QED) is 0.815. The Hall–Kier alpha value is -3.61. The summed E-state index contributed by atoms with van der Waals surface area (Å²) in [6, 6.07) is 14.2. The van der Waals surface area contributed by atoms with Crippen LogP contribution in [0.3, 0.4) is 0 Å². The first-order valence-corrected chi connectivity index (χ1v) is 8.51. The van der Waals surface area contributed by atoms with Crippen LogP contribution in [0.1, 0.15) is 11.1 Å². The van der Waals surface area contributed by atoms with Gasteiger partial charge in [-0.05, 0) is 29.8 Å². The van der Waals surface area contributed by atoms with Gasteiger partial charge in [0.2, 0.25) is 5.91 Å². The molecule has 0 radical (unpaired) electrons. The molecule has 7 heteroatoms. The van der Waals surface area contributed by atoms with Gasteiger partial charge in [-0.3, -0.25) is 14.5 Å². The number of hydrogen-bond acceptors (Lipinski definition) is 4. The number of anilines is 1. The van der Waals surface area contributed by atoms with Crippen LogP contribution in [-0.2, 0) is 16.1 Å². The van der Waals surface area contributed by atoms with Crippen LogP contribution in [0.4, 0.5) is 10.5 Å². The molecule has 2 N–H and O–H groups in total. The molecule has 2 aliphatic heterocycles. The molecule has 2 aromatic rings. The van der Waals surface area contributed by atoms with Crippen molar-refractivity contribution in [2.75, 3.05) is 18.5 Å². The molecule has 0 bridgehead atoms. The smallest absolute Gasteiger partial charge is 0.324 e. The number of rotatable bonds is 4. The van der Waals surface area contributed by atoms with E-state index < -0.39 is 6.03 Å². The molecule has 0 aliphatic carbocycles. The average Bonchev–Trinajstić information content (AvgIpc) is 3.00. The number of hydrogen-bond donors (Lipinski definition) is 2. The molecule has 0 unspecified atom stereocenters. The van der Waals surface area contributed by atoms with Crippen LogP contribution in [0.5, 0.6) is 5.75 Å². The highest BCUT2D eigenvalue weighted by Gasteiger charge is 2.28. The summed E-state index contributed by atoms with van der Waals surface area (Å²) in [7, 11) is 0. The van der Waals surface area contributed by atoms with E-state index in [0.29, 0.717) is 11.3 Å². The molecule has 27 heavy (non-hydrogen) atoms. The van der Waals surface area contributed by atoms with Crippen molar-refractivity contribution >= 4 is 29.6 Å². The molecule has 7 nitrogen and oxygen atoms in total. The minimum atomic E-state index is -0.405. The third-order valence-electron chi connectivity index (χ3n) is 4.39. The number of amides is 4. The Kier molecular flexibility index (Phi) is 4.33. The molecule has 2 aromatic carbocycles. The first-order chi connectivity index (χ1) is 13.1. The van der Waals surface area contributed by atoms with Gasteiger partial charge >= 0.3 is 6.03 Å². The molecule has 4 rings (SSSR count). The number of fused-ring (bicyclic) bond motifs is 1. The third kappa shape index (κ3) is 3.52. The zero-order chi connectivity index (χ0) is 18.8. The Balaban J connectivity index is 1.47. The first-order valence-electron chi connectivity index (χ1n) is 8.51. The Morgan fingerprint density at radius 3 is 2.81 bits per heavy atom. The number of nitrogens with one attached hydrogen (secondary N) is 2. The number of imide groups is 1. The number of carbonyl (C=O) groups is 3. The van der Waals surface area contributed by atoms with Crippen LogP contribution >= 0.6 is 0 Å². The largest absolute Gasteiger partial charge is 0.488 e. The number of para-hydroxylation sites is 1. The van der Waals surface area contributed by atoms with E-state index >= 15 is 0 Å². The van der Waals surface area contributed by atoms with E-state index in [9.17, 15) is 14.4 Å². The minimum Gasteiger partial charge on any atom is -0.488 e. The Labute approximate surface area is 155 Å². The van der Waals surface area contributed by atoms with Crippen molar-refractivity contribution in [3.63, 3.8) is 0 Å². The predicted octanol–water partition coefficient (Wildman–Crippen LogP) is 2.15. The fraction of sp³-hybridized carbons (Fsp3) is 0.150. The summed E-state index contributed by atoms with van der Waals surface area (Å²) >= 11 is 0.